The van der Waals surface area contributed by atoms with Crippen molar-refractivity contribution >= 4 is 27.1 Å². The summed E-state index contributed by atoms with van der Waals surface area (Å²) in [5.41, 5.74) is 6.52. The monoisotopic (exact) mass is 284 g/mol. The number of hydrogen-bond donors (Lipinski definition) is 2. The first-order chi connectivity index (χ1) is 8.80. The largest absolute Gasteiger partial charge is 0.397 e. The molecule has 19 heavy (non-hydrogen) atoms. The number of carbonyl (C=O) groups excluding carboxylic acids is 1. The number of anilines is 2. The van der Waals surface area contributed by atoms with Gasteiger partial charge in [0.15, 0.2) is 9.84 Å². The van der Waals surface area contributed by atoms with Crippen LogP contribution in [0.25, 0.3) is 0 Å². The lowest BCUT2D eigenvalue weighted by Crippen LogP contribution is -2.25. The van der Waals surface area contributed by atoms with Crippen molar-refractivity contribution in [1.29, 1.82) is 0 Å². The molecule has 0 unspecified atom stereocenters. The number of amides is 1. The van der Waals surface area contributed by atoms with Crippen molar-refractivity contribution in [3.05, 3.63) is 24.3 Å². The van der Waals surface area contributed by atoms with Gasteiger partial charge in [0.1, 0.15) is 5.75 Å². The molecule has 0 fully saturated rings. The van der Waals surface area contributed by atoms with Gasteiger partial charge in [0.2, 0.25) is 5.91 Å². The van der Waals surface area contributed by atoms with Crippen molar-refractivity contribution in [2.45, 2.75) is 20.3 Å². The van der Waals surface area contributed by atoms with Crippen LogP contribution in [0.5, 0.6) is 0 Å². The lowest BCUT2D eigenvalue weighted by atomic mass is 10.2. The summed E-state index contributed by atoms with van der Waals surface area (Å²) in [5, 5.41) is 2.51. The van der Waals surface area contributed by atoms with Crippen molar-refractivity contribution in [3.63, 3.8) is 0 Å². The van der Waals surface area contributed by atoms with Gasteiger partial charge in [0.05, 0.1) is 17.1 Å². The standard InChI is InChI=1S/C13H20N2O3S/c1-10(2)7-8-19(17,18)9-13(16)15-12-6-4-3-5-11(12)14/h3-6,10H,7-9,14H2,1-2H3,(H,15,16). The Kier molecular flexibility index (Phi) is 5.35. The summed E-state index contributed by atoms with van der Waals surface area (Å²) >= 11 is 0. The van der Waals surface area contributed by atoms with E-state index in [1.807, 2.05) is 13.8 Å². The molecule has 0 heterocycles. The van der Waals surface area contributed by atoms with Gasteiger partial charge in [0.25, 0.3) is 0 Å². The summed E-state index contributed by atoms with van der Waals surface area (Å²) in [7, 11) is -3.36. The highest BCUT2D eigenvalue weighted by atomic mass is 32.2. The molecule has 0 aromatic heterocycles. The highest BCUT2D eigenvalue weighted by molar-refractivity contribution is 7.92. The van der Waals surface area contributed by atoms with Crippen molar-refractivity contribution in [2.75, 3.05) is 22.6 Å². The van der Waals surface area contributed by atoms with Crippen LogP contribution in [0.4, 0.5) is 11.4 Å². The maximum absolute atomic E-state index is 11.7. The Morgan fingerprint density at radius 1 is 1.32 bits per heavy atom. The minimum atomic E-state index is -3.36. The molecule has 0 aliphatic rings. The molecular weight excluding hydrogens is 264 g/mol. The topological polar surface area (TPSA) is 89.3 Å². The molecular formula is C13H20N2O3S. The average Bonchev–Trinajstić information content (AvgIpc) is 2.29. The van der Waals surface area contributed by atoms with E-state index in [0.29, 0.717) is 23.7 Å². The molecule has 5 nitrogen and oxygen atoms in total. The second-order valence-electron chi connectivity index (χ2n) is 4.91. The summed E-state index contributed by atoms with van der Waals surface area (Å²) in [6.45, 7) is 3.89. The molecule has 0 spiro atoms. The minimum absolute atomic E-state index is 0.0301. The van der Waals surface area contributed by atoms with E-state index in [4.69, 9.17) is 5.73 Å². The Morgan fingerprint density at radius 2 is 1.95 bits per heavy atom. The molecule has 0 saturated carbocycles. The first-order valence-corrected chi connectivity index (χ1v) is 7.97. The van der Waals surface area contributed by atoms with Gasteiger partial charge in [-0.25, -0.2) is 8.42 Å². The SMILES string of the molecule is CC(C)CCS(=O)(=O)CC(=O)Nc1ccccc1N. The van der Waals surface area contributed by atoms with Gasteiger partial charge in [-0.1, -0.05) is 26.0 Å². The van der Waals surface area contributed by atoms with Crippen LogP contribution in [0.2, 0.25) is 0 Å². The van der Waals surface area contributed by atoms with Gasteiger partial charge in [-0.3, -0.25) is 4.79 Å². The number of nitrogens with two attached hydrogens (primary N) is 1. The van der Waals surface area contributed by atoms with Crippen LogP contribution in [0, 0.1) is 5.92 Å². The van der Waals surface area contributed by atoms with Crippen LogP contribution in [0.15, 0.2) is 24.3 Å². The molecule has 1 amide bonds. The van der Waals surface area contributed by atoms with E-state index >= 15 is 0 Å². The number of nitrogen functional groups attached to an aromatic ring is 1. The fourth-order valence-electron chi connectivity index (χ4n) is 1.48. The van der Waals surface area contributed by atoms with Gasteiger partial charge in [0, 0.05) is 0 Å². The highest BCUT2D eigenvalue weighted by Crippen LogP contribution is 2.16. The fraction of sp³-hybridized carbons (Fsp3) is 0.462. The minimum Gasteiger partial charge on any atom is -0.397 e. The summed E-state index contributed by atoms with van der Waals surface area (Å²) in [5.74, 6) is -0.736. The third-order valence-corrected chi connectivity index (χ3v) is 4.15. The first-order valence-electron chi connectivity index (χ1n) is 6.15. The van der Waals surface area contributed by atoms with E-state index < -0.39 is 21.5 Å². The summed E-state index contributed by atoms with van der Waals surface area (Å²) in [6.07, 6.45) is 0.559. The predicted molar refractivity (Wildman–Crippen MR) is 77.6 cm³/mol. The Bertz CT molecular complexity index is 539. The molecule has 3 N–H and O–H groups in total. The van der Waals surface area contributed by atoms with Crippen LogP contribution in [0.1, 0.15) is 20.3 Å². The van der Waals surface area contributed by atoms with E-state index in [1.54, 1.807) is 24.3 Å². The Balaban J connectivity index is 2.58. The molecule has 0 radical (unpaired) electrons. The quantitative estimate of drug-likeness (QED) is 0.778. The van der Waals surface area contributed by atoms with Crippen LogP contribution >= 0.6 is 0 Å². The number of hydrogen-bond acceptors (Lipinski definition) is 4. The highest BCUT2D eigenvalue weighted by Gasteiger charge is 2.17. The lowest BCUT2D eigenvalue weighted by molar-refractivity contribution is -0.113. The summed E-state index contributed by atoms with van der Waals surface area (Å²) in [4.78, 5) is 11.7. The molecule has 1 aromatic rings. The predicted octanol–water partition coefficient (Wildman–Crippen LogP) is 1.67. The van der Waals surface area contributed by atoms with Crippen molar-refractivity contribution < 1.29 is 13.2 Å². The maximum Gasteiger partial charge on any atom is 0.239 e. The zero-order valence-corrected chi connectivity index (χ0v) is 12.0. The molecule has 6 heteroatoms. The second kappa shape index (κ2) is 6.56. The molecule has 0 aliphatic heterocycles. The van der Waals surface area contributed by atoms with E-state index in [9.17, 15) is 13.2 Å². The smallest absolute Gasteiger partial charge is 0.239 e. The Morgan fingerprint density at radius 3 is 2.53 bits per heavy atom. The fourth-order valence-corrected chi connectivity index (χ4v) is 2.93. The van der Waals surface area contributed by atoms with E-state index in [-0.39, 0.29) is 5.75 Å². The lowest BCUT2D eigenvalue weighted by Gasteiger charge is -2.09. The maximum atomic E-state index is 11.7. The summed E-state index contributed by atoms with van der Waals surface area (Å²) in [6, 6.07) is 6.74. The molecule has 0 atom stereocenters. The van der Waals surface area contributed by atoms with E-state index in [1.165, 1.54) is 0 Å². The number of benzene rings is 1. The third-order valence-electron chi connectivity index (χ3n) is 2.59. The second-order valence-corrected chi connectivity index (χ2v) is 7.09. The summed E-state index contributed by atoms with van der Waals surface area (Å²) < 4.78 is 23.5. The third kappa shape index (κ3) is 5.74. The zero-order chi connectivity index (χ0) is 14.5. The van der Waals surface area contributed by atoms with Crippen LogP contribution in [0.3, 0.4) is 0 Å². The van der Waals surface area contributed by atoms with Crippen molar-refractivity contribution in [3.8, 4) is 0 Å². The molecule has 1 rings (SSSR count). The number of sulfone groups is 1. The average molecular weight is 284 g/mol. The van der Waals surface area contributed by atoms with Crippen molar-refractivity contribution in [2.24, 2.45) is 5.92 Å². The van der Waals surface area contributed by atoms with Gasteiger partial charge < -0.3 is 11.1 Å². The number of para-hydroxylation sites is 2. The Hall–Kier alpha value is -1.56. The Labute approximate surface area is 114 Å². The number of rotatable bonds is 6. The molecule has 106 valence electrons. The normalized spacial score (nSPS) is 11.5. The number of carbonyl (C=O) groups is 1. The number of nitrogens with one attached hydrogen (secondary N) is 1. The van der Waals surface area contributed by atoms with Crippen molar-refractivity contribution in [1.82, 2.24) is 0 Å². The van der Waals surface area contributed by atoms with E-state index in [0.717, 1.165) is 0 Å². The molecule has 0 aliphatic carbocycles. The zero-order valence-electron chi connectivity index (χ0n) is 11.2. The molecule has 0 bridgehead atoms. The first kappa shape index (κ1) is 15.5. The van der Waals surface area contributed by atoms with Crippen LogP contribution in [-0.2, 0) is 14.6 Å². The van der Waals surface area contributed by atoms with Gasteiger partial charge in [-0.15, -0.1) is 0 Å². The van der Waals surface area contributed by atoms with Crippen LogP contribution in [-0.4, -0.2) is 25.8 Å². The molecule has 1 aromatic carbocycles. The van der Waals surface area contributed by atoms with Gasteiger partial charge >= 0.3 is 0 Å². The van der Waals surface area contributed by atoms with Gasteiger partial charge in [-0.05, 0) is 24.5 Å². The van der Waals surface area contributed by atoms with Gasteiger partial charge in [-0.2, -0.15) is 0 Å². The van der Waals surface area contributed by atoms with E-state index in [2.05, 4.69) is 5.32 Å². The molecule has 0 saturated heterocycles. The van der Waals surface area contributed by atoms with Crippen LogP contribution < -0.4 is 11.1 Å².